The van der Waals surface area contributed by atoms with Crippen molar-refractivity contribution in [1.29, 1.82) is 0 Å². The van der Waals surface area contributed by atoms with E-state index in [1.165, 1.54) is 35.7 Å². The molecule has 0 bridgehead atoms. The molecular weight excluding hydrogens is 192 g/mol. The fourth-order valence-electron chi connectivity index (χ4n) is 2.51. The van der Waals surface area contributed by atoms with E-state index in [2.05, 4.69) is 23.4 Å². The summed E-state index contributed by atoms with van der Waals surface area (Å²) in [6.45, 7) is 3.32. The minimum Gasteiger partial charge on any atom is -0.309 e. The Hall–Kier alpha value is -0.410. The van der Waals surface area contributed by atoms with Gasteiger partial charge in [-0.15, -0.1) is 11.3 Å². The number of thiazole rings is 1. The topological polar surface area (TPSA) is 24.9 Å². The highest BCUT2D eigenvalue weighted by atomic mass is 32.1. The molecule has 0 spiro atoms. The number of hydrogen-bond acceptors (Lipinski definition) is 3. The van der Waals surface area contributed by atoms with Crippen molar-refractivity contribution >= 4 is 11.3 Å². The van der Waals surface area contributed by atoms with Gasteiger partial charge < -0.3 is 5.32 Å². The second-order valence-electron chi connectivity index (χ2n) is 4.52. The summed E-state index contributed by atoms with van der Waals surface area (Å²) in [5, 5.41) is 4.74. The van der Waals surface area contributed by atoms with Crippen LogP contribution in [0.1, 0.15) is 35.2 Å². The zero-order chi connectivity index (χ0) is 9.54. The molecule has 0 radical (unpaired) electrons. The largest absolute Gasteiger partial charge is 0.309 e. The summed E-state index contributed by atoms with van der Waals surface area (Å²) < 4.78 is 0. The first-order valence-corrected chi connectivity index (χ1v) is 6.32. The standard InChI is InChI=1S/C11H16N2S/c1-7-12-6-10(14-7)11-9(5-13-11)8-3-2-4-8/h6,8-9,11,13H,2-5H2,1H3. The lowest BCUT2D eigenvalue weighted by Gasteiger charge is -2.46. The molecule has 1 saturated carbocycles. The Bertz CT molecular complexity index is 330. The van der Waals surface area contributed by atoms with E-state index in [0.29, 0.717) is 6.04 Å². The van der Waals surface area contributed by atoms with Crippen molar-refractivity contribution in [3.8, 4) is 0 Å². The zero-order valence-corrected chi connectivity index (χ0v) is 9.31. The van der Waals surface area contributed by atoms with Gasteiger partial charge in [-0.3, -0.25) is 0 Å². The lowest BCUT2D eigenvalue weighted by Crippen LogP contribution is -2.50. The van der Waals surface area contributed by atoms with E-state index in [1.54, 1.807) is 0 Å². The number of nitrogens with one attached hydrogen (secondary N) is 1. The van der Waals surface area contributed by atoms with Gasteiger partial charge in [-0.25, -0.2) is 4.98 Å². The molecule has 0 aromatic carbocycles. The summed E-state index contributed by atoms with van der Waals surface area (Å²) in [6, 6.07) is 0.631. The maximum Gasteiger partial charge on any atom is 0.0897 e. The van der Waals surface area contributed by atoms with Crippen molar-refractivity contribution in [2.75, 3.05) is 6.54 Å². The van der Waals surface area contributed by atoms with Crippen LogP contribution in [0, 0.1) is 18.8 Å². The molecule has 1 aromatic heterocycles. The maximum atomic E-state index is 4.34. The van der Waals surface area contributed by atoms with Crippen LogP contribution >= 0.6 is 11.3 Å². The number of nitrogens with zero attached hydrogens (tertiary/aromatic N) is 1. The monoisotopic (exact) mass is 208 g/mol. The minimum atomic E-state index is 0.631. The molecule has 2 nitrogen and oxygen atoms in total. The second-order valence-corrected chi connectivity index (χ2v) is 5.79. The normalized spacial score (nSPS) is 32.4. The summed E-state index contributed by atoms with van der Waals surface area (Å²) in [5.41, 5.74) is 0. The highest BCUT2D eigenvalue weighted by Crippen LogP contribution is 2.44. The van der Waals surface area contributed by atoms with Gasteiger partial charge in [0.15, 0.2) is 0 Å². The van der Waals surface area contributed by atoms with Gasteiger partial charge in [0.1, 0.15) is 0 Å². The number of hydrogen-bond donors (Lipinski definition) is 1. The summed E-state index contributed by atoms with van der Waals surface area (Å²) in [6.07, 6.45) is 6.43. The van der Waals surface area contributed by atoms with Crippen LogP contribution in [0.4, 0.5) is 0 Å². The summed E-state index contributed by atoms with van der Waals surface area (Å²) in [4.78, 5) is 5.79. The highest BCUT2D eigenvalue weighted by Gasteiger charge is 2.40. The van der Waals surface area contributed by atoms with Crippen molar-refractivity contribution in [2.24, 2.45) is 11.8 Å². The predicted molar refractivity (Wildman–Crippen MR) is 58.4 cm³/mol. The van der Waals surface area contributed by atoms with E-state index in [-0.39, 0.29) is 0 Å². The molecule has 1 N–H and O–H groups in total. The highest BCUT2D eigenvalue weighted by molar-refractivity contribution is 7.11. The lowest BCUT2D eigenvalue weighted by molar-refractivity contribution is 0.0959. The predicted octanol–water partition coefficient (Wildman–Crippen LogP) is 2.51. The molecule has 1 aliphatic heterocycles. The lowest BCUT2D eigenvalue weighted by atomic mass is 9.69. The van der Waals surface area contributed by atoms with Crippen LogP contribution in [-0.4, -0.2) is 11.5 Å². The third-order valence-electron chi connectivity index (χ3n) is 3.70. The Kier molecular flexibility index (Phi) is 2.10. The van der Waals surface area contributed by atoms with Gasteiger partial charge in [-0.1, -0.05) is 19.3 Å². The minimum absolute atomic E-state index is 0.631. The average molecular weight is 208 g/mol. The van der Waals surface area contributed by atoms with Gasteiger partial charge >= 0.3 is 0 Å². The van der Waals surface area contributed by atoms with Gasteiger partial charge in [-0.05, 0) is 18.8 Å². The Morgan fingerprint density at radius 3 is 2.79 bits per heavy atom. The van der Waals surface area contributed by atoms with Gasteiger partial charge in [0.2, 0.25) is 0 Å². The molecule has 14 heavy (non-hydrogen) atoms. The molecule has 2 unspecified atom stereocenters. The van der Waals surface area contributed by atoms with E-state index >= 15 is 0 Å². The Morgan fingerprint density at radius 2 is 2.36 bits per heavy atom. The van der Waals surface area contributed by atoms with Crippen molar-refractivity contribution in [3.05, 3.63) is 16.1 Å². The van der Waals surface area contributed by atoms with Gasteiger partial charge in [-0.2, -0.15) is 0 Å². The third-order valence-corrected chi connectivity index (χ3v) is 4.70. The summed E-state index contributed by atoms with van der Waals surface area (Å²) in [5.74, 6) is 1.91. The van der Waals surface area contributed by atoms with E-state index < -0.39 is 0 Å². The van der Waals surface area contributed by atoms with Gasteiger partial charge in [0.25, 0.3) is 0 Å². The van der Waals surface area contributed by atoms with Crippen molar-refractivity contribution < 1.29 is 0 Å². The van der Waals surface area contributed by atoms with Crippen LogP contribution in [0.2, 0.25) is 0 Å². The van der Waals surface area contributed by atoms with Crippen molar-refractivity contribution in [2.45, 2.75) is 32.2 Å². The molecule has 1 saturated heterocycles. The van der Waals surface area contributed by atoms with E-state index in [1.807, 2.05) is 11.3 Å². The zero-order valence-electron chi connectivity index (χ0n) is 8.49. The number of aromatic nitrogens is 1. The maximum absolute atomic E-state index is 4.34. The van der Waals surface area contributed by atoms with Crippen LogP contribution < -0.4 is 5.32 Å². The molecule has 0 amide bonds. The van der Waals surface area contributed by atoms with E-state index in [4.69, 9.17) is 0 Å². The third kappa shape index (κ3) is 1.30. The van der Waals surface area contributed by atoms with Crippen LogP contribution in [0.3, 0.4) is 0 Å². The molecule has 3 heteroatoms. The van der Waals surface area contributed by atoms with Crippen LogP contribution in [-0.2, 0) is 0 Å². The molecule has 1 aliphatic carbocycles. The van der Waals surface area contributed by atoms with E-state index in [0.717, 1.165) is 11.8 Å². The second kappa shape index (κ2) is 3.31. The molecule has 2 fully saturated rings. The van der Waals surface area contributed by atoms with E-state index in [9.17, 15) is 0 Å². The average Bonchev–Trinajstić information content (AvgIpc) is 2.41. The molecule has 3 rings (SSSR count). The quantitative estimate of drug-likeness (QED) is 0.808. The Morgan fingerprint density at radius 1 is 1.50 bits per heavy atom. The first kappa shape index (κ1) is 8.86. The first-order valence-electron chi connectivity index (χ1n) is 5.50. The number of aryl methyl sites for hydroxylation is 1. The SMILES string of the molecule is Cc1ncc(C2NCC2C2CCC2)s1. The molecule has 2 aliphatic rings. The molecule has 2 atom stereocenters. The fourth-order valence-corrected chi connectivity index (χ4v) is 3.45. The van der Waals surface area contributed by atoms with Crippen LogP contribution in [0.15, 0.2) is 6.20 Å². The number of rotatable bonds is 2. The van der Waals surface area contributed by atoms with Crippen molar-refractivity contribution in [3.63, 3.8) is 0 Å². The van der Waals surface area contributed by atoms with Gasteiger partial charge in [0, 0.05) is 23.7 Å². The molecular formula is C11H16N2S. The molecule has 1 aromatic rings. The summed E-state index contributed by atoms with van der Waals surface area (Å²) >= 11 is 1.85. The Labute approximate surface area is 88.7 Å². The summed E-state index contributed by atoms with van der Waals surface area (Å²) in [7, 11) is 0. The van der Waals surface area contributed by atoms with Crippen molar-refractivity contribution in [1.82, 2.24) is 10.3 Å². The molecule has 76 valence electrons. The van der Waals surface area contributed by atoms with Crippen LogP contribution in [0.25, 0.3) is 0 Å². The Balaban J connectivity index is 1.73. The fraction of sp³-hybridized carbons (Fsp3) is 0.727. The van der Waals surface area contributed by atoms with Gasteiger partial charge in [0.05, 0.1) is 5.01 Å². The first-order chi connectivity index (χ1) is 6.84. The van der Waals surface area contributed by atoms with Crippen LogP contribution in [0.5, 0.6) is 0 Å². The smallest absolute Gasteiger partial charge is 0.0897 e. The molecule has 2 heterocycles.